The number of carboxylic acid groups (broad SMARTS) is 1. The van der Waals surface area contributed by atoms with Gasteiger partial charge in [0.15, 0.2) is 0 Å². The number of aromatic nitrogens is 1. The van der Waals surface area contributed by atoms with E-state index in [1.165, 1.54) is 25.6 Å². The Hall–Kier alpha value is -1.95. The Kier molecular flexibility index (Phi) is 3.96. The highest BCUT2D eigenvalue weighted by Crippen LogP contribution is 2.05. The van der Waals surface area contributed by atoms with E-state index in [0.717, 1.165) is 0 Å². The van der Waals surface area contributed by atoms with Gasteiger partial charge in [0.25, 0.3) is 0 Å². The number of aromatic carboxylic acids is 1. The van der Waals surface area contributed by atoms with Crippen molar-refractivity contribution in [3.05, 3.63) is 29.6 Å². The van der Waals surface area contributed by atoms with Crippen LogP contribution in [0.25, 0.3) is 0 Å². The van der Waals surface area contributed by atoms with E-state index in [2.05, 4.69) is 9.72 Å². The third-order valence-corrected chi connectivity index (χ3v) is 2.00. The smallest absolute Gasteiger partial charge is 0.337 e. The minimum Gasteiger partial charge on any atom is -0.478 e. The highest BCUT2D eigenvalue weighted by Gasteiger charge is 2.15. The quantitative estimate of drug-likeness (QED) is 0.688. The normalized spacial score (nSPS) is 11.9. The third kappa shape index (κ3) is 3.03. The fourth-order valence-corrected chi connectivity index (χ4v) is 1.20. The van der Waals surface area contributed by atoms with E-state index in [4.69, 9.17) is 10.8 Å². The van der Waals surface area contributed by atoms with E-state index in [0.29, 0.717) is 5.56 Å². The maximum Gasteiger partial charge on any atom is 0.337 e. The number of carbonyl (C=O) groups excluding carboxylic acids is 1. The van der Waals surface area contributed by atoms with E-state index >= 15 is 0 Å². The second-order valence-electron chi connectivity index (χ2n) is 3.22. The summed E-state index contributed by atoms with van der Waals surface area (Å²) in [6.07, 6.45) is 2.89. The molecule has 1 heterocycles. The zero-order valence-electron chi connectivity index (χ0n) is 8.71. The van der Waals surface area contributed by atoms with Crippen LogP contribution >= 0.6 is 0 Å². The summed E-state index contributed by atoms with van der Waals surface area (Å²) >= 11 is 0. The molecular formula is C10H12N2O4. The van der Waals surface area contributed by atoms with Crippen molar-refractivity contribution >= 4 is 11.9 Å². The van der Waals surface area contributed by atoms with Crippen LogP contribution in [0, 0.1) is 0 Å². The van der Waals surface area contributed by atoms with Gasteiger partial charge in [0.1, 0.15) is 6.04 Å². The molecule has 0 radical (unpaired) electrons. The van der Waals surface area contributed by atoms with Crippen LogP contribution in [0.15, 0.2) is 18.5 Å². The fraction of sp³-hybridized carbons (Fsp3) is 0.300. The van der Waals surface area contributed by atoms with E-state index in [1.54, 1.807) is 0 Å². The van der Waals surface area contributed by atoms with Crippen molar-refractivity contribution in [2.45, 2.75) is 12.5 Å². The largest absolute Gasteiger partial charge is 0.478 e. The first-order valence-corrected chi connectivity index (χ1v) is 4.55. The van der Waals surface area contributed by atoms with Crippen LogP contribution in [0.3, 0.4) is 0 Å². The van der Waals surface area contributed by atoms with Gasteiger partial charge in [0, 0.05) is 12.4 Å². The summed E-state index contributed by atoms with van der Waals surface area (Å²) in [5.74, 6) is -1.61. The molecule has 3 N–H and O–H groups in total. The predicted octanol–water partition coefficient (Wildman–Crippen LogP) is -0.177. The van der Waals surface area contributed by atoms with Crippen molar-refractivity contribution in [2.24, 2.45) is 5.73 Å². The molecule has 1 aromatic rings. The third-order valence-electron chi connectivity index (χ3n) is 2.00. The zero-order chi connectivity index (χ0) is 12.1. The zero-order valence-corrected chi connectivity index (χ0v) is 8.71. The fourth-order valence-electron chi connectivity index (χ4n) is 1.20. The second-order valence-corrected chi connectivity index (χ2v) is 3.22. The van der Waals surface area contributed by atoms with Gasteiger partial charge in [-0.2, -0.15) is 0 Å². The SMILES string of the molecule is COC(=O)[C@H](N)Cc1cncc(C(=O)O)c1. The predicted molar refractivity (Wildman–Crippen MR) is 54.9 cm³/mol. The Labute approximate surface area is 92.0 Å². The summed E-state index contributed by atoms with van der Waals surface area (Å²) in [5, 5.41) is 8.74. The topological polar surface area (TPSA) is 103 Å². The van der Waals surface area contributed by atoms with Crippen LogP contribution in [0.1, 0.15) is 15.9 Å². The highest BCUT2D eigenvalue weighted by molar-refractivity contribution is 5.87. The van der Waals surface area contributed by atoms with Gasteiger partial charge in [-0.1, -0.05) is 0 Å². The van der Waals surface area contributed by atoms with Gasteiger partial charge >= 0.3 is 11.9 Å². The van der Waals surface area contributed by atoms with Crippen molar-refractivity contribution in [3.63, 3.8) is 0 Å². The first kappa shape index (κ1) is 12.1. The summed E-state index contributed by atoms with van der Waals surface area (Å²) in [6, 6.07) is 0.619. The van der Waals surface area contributed by atoms with Crippen LogP contribution in [0.2, 0.25) is 0 Å². The van der Waals surface area contributed by atoms with Gasteiger partial charge in [0.2, 0.25) is 0 Å². The number of esters is 1. The number of methoxy groups -OCH3 is 1. The van der Waals surface area contributed by atoms with Gasteiger partial charge in [-0.3, -0.25) is 9.78 Å². The van der Waals surface area contributed by atoms with Gasteiger partial charge < -0.3 is 15.6 Å². The Bertz CT molecular complexity index is 406. The minimum absolute atomic E-state index is 0.0644. The molecule has 6 heteroatoms. The summed E-state index contributed by atoms with van der Waals surface area (Å²) in [5.41, 5.74) is 6.18. The molecule has 0 bridgehead atoms. The lowest BCUT2D eigenvalue weighted by atomic mass is 10.1. The molecule has 16 heavy (non-hydrogen) atoms. The molecule has 6 nitrogen and oxygen atoms in total. The van der Waals surface area contributed by atoms with Crippen molar-refractivity contribution in [3.8, 4) is 0 Å². The number of carbonyl (C=O) groups is 2. The standard InChI is InChI=1S/C10H12N2O4/c1-16-10(15)8(11)3-6-2-7(9(13)14)5-12-4-6/h2,4-5,8H,3,11H2,1H3,(H,13,14)/t8-/m1/s1. The molecule has 0 aliphatic carbocycles. The van der Waals surface area contributed by atoms with Crippen LogP contribution in [-0.4, -0.2) is 35.2 Å². The summed E-state index contributed by atoms with van der Waals surface area (Å²) in [6.45, 7) is 0. The number of ether oxygens (including phenoxy) is 1. The van der Waals surface area contributed by atoms with E-state index in [-0.39, 0.29) is 12.0 Å². The molecule has 0 unspecified atom stereocenters. The number of nitrogens with zero attached hydrogens (tertiary/aromatic N) is 1. The van der Waals surface area contributed by atoms with Crippen molar-refractivity contribution in [1.82, 2.24) is 4.98 Å². The molecule has 0 aromatic carbocycles. The lowest BCUT2D eigenvalue weighted by Crippen LogP contribution is -2.33. The minimum atomic E-state index is -1.07. The Morgan fingerprint density at radius 2 is 2.25 bits per heavy atom. The molecule has 0 saturated heterocycles. The van der Waals surface area contributed by atoms with E-state index in [9.17, 15) is 9.59 Å². The number of hydrogen-bond acceptors (Lipinski definition) is 5. The van der Waals surface area contributed by atoms with Crippen molar-refractivity contribution < 1.29 is 19.4 Å². The van der Waals surface area contributed by atoms with Crippen molar-refractivity contribution in [1.29, 1.82) is 0 Å². The van der Waals surface area contributed by atoms with Crippen molar-refractivity contribution in [2.75, 3.05) is 7.11 Å². The first-order valence-electron chi connectivity index (χ1n) is 4.55. The summed E-state index contributed by atoms with van der Waals surface area (Å²) < 4.78 is 4.46. The van der Waals surface area contributed by atoms with Crippen LogP contribution < -0.4 is 5.73 Å². The number of hydrogen-bond donors (Lipinski definition) is 2. The first-order chi connectivity index (χ1) is 7.54. The Morgan fingerprint density at radius 1 is 1.56 bits per heavy atom. The van der Waals surface area contributed by atoms with Crippen LogP contribution in [-0.2, 0) is 16.0 Å². The monoisotopic (exact) mass is 224 g/mol. The van der Waals surface area contributed by atoms with Gasteiger partial charge in [0.05, 0.1) is 12.7 Å². The number of nitrogens with two attached hydrogens (primary N) is 1. The molecular weight excluding hydrogens is 212 g/mol. The summed E-state index contributed by atoms with van der Waals surface area (Å²) in [7, 11) is 1.24. The highest BCUT2D eigenvalue weighted by atomic mass is 16.5. The van der Waals surface area contributed by atoms with Crippen LogP contribution in [0.5, 0.6) is 0 Å². The average molecular weight is 224 g/mol. The number of pyridine rings is 1. The molecule has 86 valence electrons. The molecule has 0 saturated carbocycles. The molecule has 0 aliphatic heterocycles. The van der Waals surface area contributed by atoms with Crippen LogP contribution in [0.4, 0.5) is 0 Å². The Balaban J connectivity index is 2.78. The Morgan fingerprint density at radius 3 is 2.81 bits per heavy atom. The lowest BCUT2D eigenvalue weighted by molar-refractivity contribution is -0.142. The van der Waals surface area contributed by atoms with E-state index < -0.39 is 18.0 Å². The maximum atomic E-state index is 11.1. The second kappa shape index (κ2) is 5.22. The molecule has 0 aliphatic rings. The lowest BCUT2D eigenvalue weighted by Gasteiger charge is -2.08. The summed E-state index contributed by atoms with van der Waals surface area (Å²) in [4.78, 5) is 25.5. The van der Waals surface area contributed by atoms with E-state index in [1.807, 2.05) is 0 Å². The average Bonchev–Trinajstić information content (AvgIpc) is 2.28. The maximum absolute atomic E-state index is 11.1. The van der Waals surface area contributed by atoms with Gasteiger partial charge in [-0.25, -0.2) is 4.79 Å². The van der Waals surface area contributed by atoms with Gasteiger partial charge in [-0.05, 0) is 18.1 Å². The molecule has 0 fully saturated rings. The van der Waals surface area contributed by atoms with Gasteiger partial charge in [-0.15, -0.1) is 0 Å². The number of rotatable bonds is 4. The molecule has 0 spiro atoms. The number of carboxylic acids is 1. The molecule has 1 rings (SSSR count). The molecule has 0 amide bonds. The molecule has 1 atom stereocenters. The molecule has 1 aromatic heterocycles.